The fourth-order valence-electron chi connectivity index (χ4n) is 1.25. The van der Waals surface area contributed by atoms with Gasteiger partial charge in [-0.25, -0.2) is 17.5 Å². The van der Waals surface area contributed by atoms with Gasteiger partial charge < -0.3 is 0 Å². The molecule has 0 amide bonds. The van der Waals surface area contributed by atoms with Crippen molar-refractivity contribution in [3.8, 4) is 0 Å². The average molecular weight is 245 g/mol. The van der Waals surface area contributed by atoms with Gasteiger partial charge in [0.2, 0.25) is 10.0 Å². The van der Waals surface area contributed by atoms with Crippen LogP contribution in [0.1, 0.15) is 25.8 Å². The summed E-state index contributed by atoms with van der Waals surface area (Å²) in [6.07, 6.45) is 0.705. The predicted molar refractivity (Wildman–Crippen MR) is 61.9 cm³/mol. The van der Waals surface area contributed by atoms with Crippen LogP contribution in [0.4, 0.5) is 4.39 Å². The maximum atomic E-state index is 13.2. The van der Waals surface area contributed by atoms with Gasteiger partial charge in [0, 0.05) is 11.6 Å². The Kier molecular flexibility index (Phi) is 4.44. The van der Waals surface area contributed by atoms with Crippen molar-refractivity contribution < 1.29 is 12.8 Å². The Morgan fingerprint density at radius 3 is 2.56 bits per heavy atom. The molecule has 0 heterocycles. The number of sulfonamides is 1. The van der Waals surface area contributed by atoms with Gasteiger partial charge in [0.1, 0.15) is 5.82 Å². The lowest BCUT2D eigenvalue weighted by molar-refractivity contribution is 0.551. The molecule has 1 rings (SSSR count). The fourth-order valence-corrected chi connectivity index (χ4v) is 2.76. The van der Waals surface area contributed by atoms with Crippen LogP contribution >= 0.6 is 0 Å². The van der Waals surface area contributed by atoms with E-state index in [1.54, 1.807) is 13.0 Å². The van der Waals surface area contributed by atoms with Crippen molar-refractivity contribution in [1.82, 2.24) is 4.72 Å². The molecular formula is C11H16FNO2S. The number of benzene rings is 1. The fraction of sp³-hybridized carbons (Fsp3) is 0.455. The second-order valence-electron chi connectivity index (χ2n) is 3.78. The smallest absolute Gasteiger partial charge is 0.212 e. The van der Waals surface area contributed by atoms with Gasteiger partial charge in [-0.15, -0.1) is 0 Å². The molecule has 1 aromatic rings. The largest absolute Gasteiger partial charge is 0.216 e. The van der Waals surface area contributed by atoms with Crippen molar-refractivity contribution in [2.75, 3.05) is 0 Å². The number of rotatable bonds is 5. The third-order valence-corrected chi connectivity index (χ3v) is 3.75. The van der Waals surface area contributed by atoms with E-state index in [4.69, 9.17) is 0 Å². The summed E-state index contributed by atoms with van der Waals surface area (Å²) in [6.45, 7) is 3.66. The van der Waals surface area contributed by atoms with Crippen molar-refractivity contribution in [2.24, 2.45) is 0 Å². The molecule has 1 atom stereocenters. The van der Waals surface area contributed by atoms with Crippen LogP contribution in [0.25, 0.3) is 0 Å². The topological polar surface area (TPSA) is 46.2 Å². The van der Waals surface area contributed by atoms with E-state index in [0.717, 1.165) is 0 Å². The van der Waals surface area contributed by atoms with Crippen LogP contribution < -0.4 is 4.72 Å². The van der Waals surface area contributed by atoms with E-state index in [1.165, 1.54) is 18.2 Å². The van der Waals surface area contributed by atoms with Gasteiger partial charge in [0.05, 0.1) is 5.75 Å². The molecule has 0 aromatic heterocycles. The molecule has 1 aromatic carbocycles. The molecule has 0 fully saturated rings. The quantitative estimate of drug-likeness (QED) is 0.863. The van der Waals surface area contributed by atoms with Crippen molar-refractivity contribution in [2.45, 2.75) is 32.1 Å². The second kappa shape index (κ2) is 5.41. The summed E-state index contributed by atoms with van der Waals surface area (Å²) in [4.78, 5) is 0. The van der Waals surface area contributed by atoms with E-state index in [0.29, 0.717) is 6.42 Å². The number of hydrogen-bond acceptors (Lipinski definition) is 2. The number of halogens is 1. The summed E-state index contributed by atoms with van der Waals surface area (Å²) in [7, 11) is -3.46. The van der Waals surface area contributed by atoms with Crippen LogP contribution in [0.3, 0.4) is 0 Å². The molecule has 5 heteroatoms. The minimum Gasteiger partial charge on any atom is -0.212 e. The molecule has 0 spiro atoms. The first kappa shape index (κ1) is 13.1. The van der Waals surface area contributed by atoms with Gasteiger partial charge >= 0.3 is 0 Å². The van der Waals surface area contributed by atoms with Crippen LogP contribution in [-0.4, -0.2) is 14.5 Å². The molecule has 0 saturated carbocycles. The molecule has 0 aliphatic carbocycles. The highest BCUT2D eigenvalue weighted by Gasteiger charge is 2.16. The third kappa shape index (κ3) is 3.90. The Bertz CT molecular complexity index is 445. The first-order chi connectivity index (χ1) is 7.44. The maximum absolute atomic E-state index is 13.2. The van der Waals surface area contributed by atoms with Gasteiger partial charge in [-0.3, -0.25) is 0 Å². The van der Waals surface area contributed by atoms with E-state index in [-0.39, 0.29) is 17.4 Å². The lowest BCUT2D eigenvalue weighted by atomic mass is 10.2. The molecule has 0 aliphatic heterocycles. The third-order valence-electron chi connectivity index (χ3n) is 2.30. The van der Waals surface area contributed by atoms with Gasteiger partial charge in [-0.2, -0.15) is 0 Å². The first-order valence-electron chi connectivity index (χ1n) is 5.18. The van der Waals surface area contributed by atoms with Crippen LogP contribution in [0.5, 0.6) is 0 Å². The summed E-state index contributed by atoms with van der Waals surface area (Å²) in [5, 5.41) is 0. The summed E-state index contributed by atoms with van der Waals surface area (Å²) in [5.74, 6) is -0.804. The Morgan fingerprint density at radius 1 is 1.38 bits per heavy atom. The Hall–Kier alpha value is -0.940. The minimum atomic E-state index is -3.46. The number of nitrogens with one attached hydrogen (secondary N) is 1. The first-order valence-corrected chi connectivity index (χ1v) is 6.83. The van der Waals surface area contributed by atoms with E-state index < -0.39 is 15.8 Å². The SMILES string of the molecule is CCC(C)NS(=O)(=O)Cc1ccccc1F. The van der Waals surface area contributed by atoms with Crippen LogP contribution in [0.2, 0.25) is 0 Å². The molecule has 0 radical (unpaired) electrons. The highest BCUT2D eigenvalue weighted by atomic mass is 32.2. The van der Waals surface area contributed by atoms with Gasteiger partial charge in [0.15, 0.2) is 0 Å². The van der Waals surface area contributed by atoms with Crippen molar-refractivity contribution in [3.63, 3.8) is 0 Å². The van der Waals surface area contributed by atoms with Crippen molar-refractivity contribution >= 4 is 10.0 Å². The molecule has 1 unspecified atom stereocenters. The normalized spacial score (nSPS) is 13.7. The summed E-state index contributed by atoms with van der Waals surface area (Å²) in [5.41, 5.74) is 0.193. The van der Waals surface area contributed by atoms with Gasteiger partial charge in [0.25, 0.3) is 0 Å². The standard InChI is InChI=1S/C11H16FNO2S/c1-3-9(2)13-16(14,15)8-10-6-4-5-7-11(10)12/h4-7,9,13H,3,8H2,1-2H3. The molecule has 90 valence electrons. The van der Waals surface area contributed by atoms with E-state index in [1.807, 2.05) is 6.92 Å². The van der Waals surface area contributed by atoms with Crippen LogP contribution in [0, 0.1) is 5.82 Å². The molecule has 16 heavy (non-hydrogen) atoms. The Morgan fingerprint density at radius 2 is 2.00 bits per heavy atom. The minimum absolute atomic E-state index is 0.128. The molecular weight excluding hydrogens is 229 g/mol. The predicted octanol–water partition coefficient (Wildman–Crippen LogP) is 2.04. The Balaban J connectivity index is 2.77. The average Bonchev–Trinajstić information content (AvgIpc) is 2.20. The molecule has 3 nitrogen and oxygen atoms in total. The zero-order chi connectivity index (χ0) is 12.2. The highest BCUT2D eigenvalue weighted by Crippen LogP contribution is 2.10. The lowest BCUT2D eigenvalue weighted by Gasteiger charge is -2.12. The van der Waals surface area contributed by atoms with E-state index in [2.05, 4.69) is 4.72 Å². The second-order valence-corrected chi connectivity index (χ2v) is 5.53. The molecule has 0 saturated heterocycles. The molecule has 0 aliphatic rings. The van der Waals surface area contributed by atoms with Crippen molar-refractivity contribution in [3.05, 3.63) is 35.6 Å². The zero-order valence-corrected chi connectivity index (χ0v) is 10.2. The van der Waals surface area contributed by atoms with Gasteiger partial charge in [-0.1, -0.05) is 25.1 Å². The Labute approximate surface area is 95.7 Å². The highest BCUT2D eigenvalue weighted by molar-refractivity contribution is 7.88. The summed E-state index contributed by atoms with van der Waals surface area (Å²) < 4.78 is 39.0. The van der Waals surface area contributed by atoms with Crippen LogP contribution in [0.15, 0.2) is 24.3 Å². The molecule has 0 bridgehead atoms. The van der Waals surface area contributed by atoms with Crippen molar-refractivity contribution in [1.29, 1.82) is 0 Å². The van der Waals surface area contributed by atoms with E-state index >= 15 is 0 Å². The zero-order valence-electron chi connectivity index (χ0n) is 9.40. The lowest BCUT2D eigenvalue weighted by Crippen LogP contribution is -2.33. The van der Waals surface area contributed by atoms with Crippen LogP contribution in [-0.2, 0) is 15.8 Å². The summed E-state index contributed by atoms with van der Waals surface area (Å²) >= 11 is 0. The molecule has 1 N–H and O–H groups in total. The van der Waals surface area contributed by atoms with E-state index in [9.17, 15) is 12.8 Å². The monoisotopic (exact) mass is 245 g/mol. The maximum Gasteiger partial charge on any atom is 0.216 e. The summed E-state index contributed by atoms with van der Waals surface area (Å²) in [6, 6.07) is 5.76. The number of hydrogen-bond donors (Lipinski definition) is 1. The van der Waals surface area contributed by atoms with Gasteiger partial charge in [-0.05, 0) is 19.4 Å².